The number of guanidine groups is 1. The van der Waals surface area contributed by atoms with Crippen LogP contribution in [0, 0.1) is 5.92 Å². The van der Waals surface area contributed by atoms with Crippen LogP contribution in [0.1, 0.15) is 32.8 Å². The third-order valence-corrected chi connectivity index (χ3v) is 4.80. The highest BCUT2D eigenvalue weighted by Gasteiger charge is 2.11. The number of halogens is 1. The Balaban J connectivity index is 0.00000529. The van der Waals surface area contributed by atoms with Gasteiger partial charge in [-0.25, -0.2) is 8.42 Å². The highest BCUT2D eigenvalue weighted by Crippen LogP contribution is 2.06. The van der Waals surface area contributed by atoms with Gasteiger partial charge in [0.15, 0.2) is 15.8 Å². The van der Waals surface area contributed by atoms with Gasteiger partial charge in [0.25, 0.3) is 0 Å². The van der Waals surface area contributed by atoms with Gasteiger partial charge in [-0.1, -0.05) is 44.2 Å². The molecule has 0 radical (unpaired) electrons. The van der Waals surface area contributed by atoms with E-state index in [1.807, 2.05) is 37.3 Å². The molecule has 0 aliphatic rings. The second-order valence-electron chi connectivity index (χ2n) is 5.97. The first-order valence-electron chi connectivity index (χ1n) is 8.19. The lowest BCUT2D eigenvalue weighted by Crippen LogP contribution is -2.38. The van der Waals surface area contributed by atoms with Crippen molar-refractivity contribution in [2.75, 3.05) is 25.4 Å². The molecule has 0 bridgehead atoms. The van der Waals surface area contributed by atoms with E-state index in [0.717, 1.165) is 24.6 Å². The van der Waals surface area contributed by atoms with Crippen LogP contribution in [0.25, 0.3) is 0 Å². The van der Waals surface area contributed by atoms with Gasteiger partial charge in [-0.15, -0.1) is 24.0 Å². The first-order valence-corrected chi connectivity index (χ1v) is 10.0. The number of hydrogen-bond donors (Lipinski definition) is 2. The predicted octanol–water partition coefficient (Wildman–Crippen LogP) is 2.82. The molecule has 0 amide bonds. The second-order valence-corrected chi connectivity index (χ2v) is 8.16. The smallest absolute Gasteiger partial charge is 0.191 e. The van der Waals surface area contributed by atoms with E-state index in [-0.39, 0.29) is 35.5 Å². The monoisotopic (exact) mass is 467 g/mol. The molecule has 24 heavy (non-hydrogen) atoms. The quantitative estimate of drug-likeness (QED) is 0.254. The Morgan fingerprint density at radius 2 is 1.83 bits per heavy atom. The van der Waals surface area contributed by atoms with Crippen LogP contribution in [0.4, 0.5) is 0 Å². The fraction of sp³-hybridized carbons (Fsp3) is 0.588. The molecule has 0 saturated heterocycles. The van der Waals surface area contributed by atoms with Gasteiger partial charge in [0.2, 0.25) is 0 Å². The number of aliphatic imine (C=N–C) groups is 1. The zero-order valence-corrected chi connectivity index (χ0v) is 17.9. The summed E-state index contributed by atoms with van der Waals surface area (Å²) in [5, 5.41) is 6.35. The van der Waals surface area contributed by atoms with Crippen molar-refractivity contribution < 1.29 is 8.42 Å². The number of rotatable bonds is 9. The molecule has 1 rings (SSSR count). The minimum Gasteiger partial charge on any atom is -0.357 e. The summed E-state index contributed by atoms with van der Waals surface area (Å²) in [7, 11) is -3.07. The summed E-state index contributed by atoms with van der Waals surface area (Å²) < 4.78 is 24.2. The molecule has 7 heteroatoms. The summed E-state index contributed by atoms with van der Waals surface area (Å²) in [6.07, 6.45) is 0.571. The molecular formula is C17H30IN3O2S. The van der Waals surface area contributed by atoms with E-state index >= 15 is 0 Å². The van der Waals surface area contributed by atoms with Crippen LogP contribution in [0.2, 0.25) is 0 Å². The van der Waals surface area contributed by atoms with Crippen LogP contribution >= 0.6 is 24.0 Å². The first-order chi connectivity index (χ1) is 10.9. The zero-order chi connectivity index (χ0) is 17.1. The Morgan fingerprint density at radius 1 is 1.17 bits per heavy atom. The van der Waals surface area contributed by atoms with Crippen molar-refractivity contribution in [3.8, 4) is 0 Å². The predicted molar refractivity (Wildman–Crippen MR) is 113 cm³/mol. The average Bonchev–Trinajstić information content (AvgIpc) is 2.49. The van der Waals surface area contributed by atoms with Crippen LogP contribution in [0.15, 0.2) is 35.3 Å². The van der Waals surface area contributed by atoms with Gasteiger partial charge in [-0.2, -0.15) is 0 Å². The van der Waals surface area contributed by atoms with Crippen molar-refractivity contribution in [3.63, 3.8) is 0 Å². The van der Waals surface area contributed by atoms with Gasteiger partial charge >= 0.3 is 0 Å². The molecule has 5 nitrogen and oxygen atoms in total. The van der Waals surface area contributed by atoms with Crippen molar-refractivity contribution in [3.05, 3.63) is 35.9 Å². The molecule has 0 atom stereocenters. The third-order valence-electron chi connectivity index (χ3n) is 3.11. The van der Waals surface area contributed by atoms with Gasteiger partial charge in [0.1, 0.15) is 0 Å². The molecule has 0 aromatic heterocycles. The Morgan fingerprint density at radius 3 is 2.42 bits per heavy atom. The highest BCUT2D eigenvalue weighted by atomic mass is 127. The number of sulfone groups is 1. The van der Waals surface area contributed by atoms with E-state index in [1.54, 1.807) is 0 Å². The topological polar surface area (TPSA) is 70.6 Å². The minimum absolute atomic E-state index is 0. The number of benzene rings is 1. The summed E-state index contributed by atoms with van der Waals surface area (Å²) in [4.78, 5) is 4.46. The molecule has 0 spiro atoms. The summed E-state index contributed by atoms with van der Waals surface area (Å²) in [5.41, 5.74) is 0.840. The Hall–Kier alpha value is -0.830. The Kier molecular flexibility index (Phi) is 12.1. The average molecular weight is 467 g/mol. The largest absolute Gasteiger partial charge is 0.357 e. The van der Waals surface area contributed by atoms with Crippen LogP contribution in [-0.2, 0) is 15.6 Å². The van der Waals surface area contributed by atoms with E-state index in [0.29, 0.717) is 18.9 Å². The van der Waals surface area contributed by atoms with E-state index in [9.17, 15) is 8.42 Å². The Labute approximate surface area is 163 Å². The summed E-state index contributed by atoms with van der Waals surface area (Å²) in [6, 6.07) is 9.30. The highest BCUT2D eigenvalue weighted by molar-refractivity contribution is 14.0. The third kappa shape index (κ3) is 10.9. The fourth-order valence-corrected chi connectivity index (χ4v) is 3.44. The van der Waals surface area contributed by atoms with Crippen molar-refractivity contribution in [2.45, 2.75) is 32.9 Å². The number of hydrogen-bond acceptors (Lipinski definition) is 3. The molecule has 0 aliphatic carbocycles. The molecule has 2 N–H and O–H groups in total. The van der Waals surface area contributed by atoms with E-state index in [4.69, 9.17) is 0 Å². The second kappa shape index (κ2) is 12.5. The normalized spacial score (nSPS) is 11.9. The summed E-state index contributed by atoms with van der Waals surface area (Å²) in [6.45, 7) is 8.37. The maximum atomic E-state index is 12.1. The minimum atomic E-state index is -3.07. The maximum Gasteiger partial charge on any atom is 0.191 e. The molecule has 138 valence electrons. The number of nitrogens with zero attached hydrogens (tertiary/aromatic N) is 1. The molecule has 0 aliphatic heterocycles. The fourth-order valence-electron chi connectivity index (χ4n) is 2.01. The standard InChI is InChI=1S/C17H29N3O2S.HI/c1-4-18-17(20-13-15(2)3)19-11-8-12-23(21,22)14-16-9-6-5-7-10-16;/h5-7,9-10,15H,4,8,11-14H2,1-3H3,(H2,18,19,20);1H. The lowest BCUT2D eigenvalue weighted by atomic mass is 10.2. The van der Waals surface area contributed by atoms with Gasteiger partial charge in [0, 0.05) is 19.6 Å². The molecule has 1 aromatic rings. The molecule has 0 fully saturated rings. The SMILES string of the molecule is CCNC(=NCC(C)C)NCCCS(=O)(=O)Cc1ccccc1.I. The number of nitrogens with one attached hydrogen (secondary N) is 2. The van der Waals surface area contributed by atoms with Gasteiger partial charge < -0.3 is 10.6 Å². The first kappa shape index (κ1) is 23.2. The van der Waals surface area contributed by atoms with E-state index < -0.39 is 9.84 Å². The van der Waals surface area contributed by atoms with Gasteiger partial charge in [0.05, 0.1) is 11.5 Å². The maximum absolute atomic E-state index is 12.1. The van der Waals surface area contributed by atoms with Crippen LogP contribution < -0.4 is 10.6 Å². The van der Waals surface area contributed by atoms with Crippen molar-refractivity contribution >= 4 is 39.8 Å². The summed E-state index contributed by atoms with van der Waals surface area (Å²) in [5.74, 6) is 1.53. The van der Waals surface area contributed by atoms with E-state index in [2.05, 4.69) is 29.5 Å². The molecule has 0 unspecified atom stereocenters. The zero-order valence-electron chi connectivity index (χ0n) is 14.8. The lowest BCUT2D eigenvalue weighted by Gasteiger charge is -2.12. The lowest BCUT2D eigenvalue weighted by molar-refractivity contribution is 0.591. The van der Waals surface area contributed by atoms with Crippen LogP contribution in [0.5, 0.6) is 0 Å². The van der Waals surface area contributed by atoms with Gasteiger partial charge in [-0.3, -0.25) is 4.99 Å². The van der Waals surface area contributed by atoms with Gasteiger partial charge in [-0.05, 0) is 24.8 Å². The summed E-state index contributed by atoms with van der Waals surface area (Å²) >= 11 is 0. The molecule has 0 saturated carbocycles. The van der Waals surface area contributed by atoms with Crippen LogP contribution in [-0.4, -0.2) is 39.8 Å². The molecule has 1 aromatic carbocycles. The van der Waals surface area contributed by atoms with E-state index in [1.165, 1.54) is 0 Å². The van der Waals surface area contributed by atoms with Crippen molar-refractivity contribution in [1.29, 1.82) is 0 Å². The Bertz CT molecular complexity index is 575. The molecular weight excluding hydrogens is 437 g/mol. The van der Waals surface area contributed by atoms with Crippen molar-refractivity contribution in [2.24, 2.45) is 10.9 Å². The van der Waals surface area contributed by atoms with Crippen LogP contribution in [0.3, 0.4) is 0 Å². The molecule has 0 heterocycles. The van der Waals surface area contributed by atoms with Crippen molar-refractivity contribution in [1.82, 2.24) is 10.6 Å².